The van der Waals surface area contributed by atoms with Gasteiger partial charge in [0.05, 0.1) is 6.10 Å². The summed E-state index contributed by atoms with van der Waals surface area (Å²) in [5.41, 5.74) is 1.05. The second-order valence-corrected chi connectivity index (χ2v) is 4.90. The molecule has 0 aromatic heterocycles. The summed E-state index contributed by atoms with van der Waals surface area (Å²) in [6, 6.07) is 14.4. The topological polar surface area (TPSA) is 23.5 Å². The molecular formula is C17H24ClNO. The van der Waals surface area contributed by atoms with Gasteiger partial charge in [-0.3, -0.25) is 0 Å². The van der Waals surface area contributed by atoms with Gasteiger partial charge >= 0.3 is 0 Å². The first-order valence-corrected chi connectivity index (χ1v) is 7.14. The summed E-state index contributed by atoms with van der Waals surface area (Å²) in [6.07, 6.45) is 0.405. The zero-order valence-electron chi connectivity index (χ0n) is 12.2. The van der Waals surface area contributed by atoms with Crippen LogP contribution in [0.5, 0.6) is 0 Å². The predicted molar refractivity (Wildman–Crippen MR) is 88.6 cm³/mol. The Morgan fingerprint density at radius 2 is 1.65 bits per heavy atom. The van der Waals surface area contributed by atoms with E-state index in [0.29, 0.717) is 0 Å². The Kier molecular flexibility index (Phi) is 7.00. The summed E-state index contributed by atoms with van der Waals surface area (Å²) in [6.45, 7) is 7.34. The SMILES string of the molecule is CCN(CC)CCC(O)c1cccc2ccccc12.Cl. The number of nitrogens with zero attached hydrogens (tertiary/aromatic N) is 1. The minimum Gasteiger partial charge on any atom is -0.388 e. The molecular weight excluding hydrogens is 270 g/mol. The highest BCUT2D eigenvalue weighted by molar-refractivity contribution is 5.86. The van der Waals surface area contributed by atoms with Gasteiger partial charge in [0.15, 0.2) is 0 Å². The Bertz CT molecular complexity index is 520. The molecule has 0 saturated carbocycles. The first-order chi connectivity index (χ1) is 9.26. The second kappa shape index (κ2) is 8.25. The molecule has 2 aromatic rings. The number of hydrogen-bond donors (Lipinski definition) is 1. The summed E-state index contributed by atoms with van der Waals surface area (Å²) < 4.78 is 0. The van der Waals surface area contributed by atoms with Crippen molar-refractivity contribution in [1.82, 2.24) is 4.90 Å². The van der Waals surface area contributed by atoms with Crippen LogP contribution in [0.1, 0.15) is 31.9 Å². The maximum absolute atomic E-state index is 10.4. The largest absolute Gasteiger partial charge is 0.388 e. The second-order valence-electron chi connectivity index (χ2n) is 4.90. The van der Waals surface area contributed by atoms with Crippen LogP contribution in [0.3, 0.4) is 0 Å². The van der Waals surface area contributed by atoms with E-state index < -0.39 is 0 Å². The Hall–Kier alpha value is -1.09. The molecule has 1 unspecified atom stereocenters. The molecule has 3 heteroatoms. The molecule has 0 heterocycles. The van der Waals surface area contributed by atoms with Gasteiger partial charge in [-0.15, -0.1) is 12.4 Å². The molecule has 0 aliphatic carbocycles. The molecule has 1 atom stereocenters. The van der Waals surface area contributed by atoms with Crippen molar-refractivity contribution in [2.24, 2.45) is 0 Å². The van der Waals surface area contributed by atoms with Crippen LogP contribution in [0.25, 0.3) is 10.8 Å². The van der Waals surface area contributed by atoms with E-state index in [-0.39, 0.29) is 18.5 Å². The van der Waals surface area contributed by atoms with Crippen molar-refractivity contribution in [3.63, 3.8) is 0 Å². The van der Waals surface area contributed by atoms with Crippen molar-refractivity contribution in [3.05, 3.63) is 48.0 Å². The fourth-order valence-corrected chi connectivity index (χ4v) is 2.54. The van der Waals surface area contributed by atoms with E-state index in [1.54, 1.807) is 0 Å². The van der Waals surface area contributed by atoms with E-state index in [9.17, 15) is 5.11 Å². The number of benzene rings is 2. The number of hydrogen-bond acceptors (Lipinski definition) is 2. The average Bonchev–Trinajstić information content (AvgIpc) is 2.47. The van der Waals surface area contributed by atoms with Crippen molar-refractivity contribution in [1.29, 1.82) is 0 Å². The molecule has 20 heavy (non-hydrogen) atoms. The van der Waals surface area contributed by atoms with Crippen molar-refractivity contribution in [3.8, 4) is 0 Å². The lowest BCUT2D eigenvalue weighted by Gasteiger charge is -2.21. The van der Waals surface area contributed by atoms with Crippen molar-refractivity contribution < 1.29 is 5.11 Å². The van der Waals surface area contributed by atoms with E-state index in [1.165, 1.54) is 5.39 Å². The van der Waals surface area contributed by atoms with Gasteiger partial charge in [-0.1, -0.05) is 56.3 Å². The highest BCUT2D eigenvalue weighted by Gasteiger charge is 2.12. The van der Waals surface area contributed by atoms with Crippen LogP contribution >= 0.6 is 12.4 Å². The fourth-order valence-electron chi connectivity index (χ4n) is 2.54. The maximum atomic E-state index is 10.4. The fraction of sp³-hybridized carbons (Fsp3) is 0.412. The van der Waals surface area contributed by atoms with Crippen LogP contribution in [0.2, 0.25) is 0 Å². The molecule has 0 fully saturated rings. The van der Waals surface area contributed by atoms with Crippen LogP contribution in [-0.2, 0) is 0 Å². The number of aliphatic hydroxyl groups excluding tert-OH is 1. The summed E-state index contributed by atoms with van der Waals surface area (Å²) in [5.74, 6) is 0. The Balaban J connectivity index is 0.00000200. The van der Waals surface area contributed by atoms with Gasteiger partial charge in [-0.05, 0) is 35.8 Å². The lowest BCUT2D eigenvalue weighted by atomic mass is 9.98. The van der Waals surface area contributed by atoms with Gasteiger partial charge < -0.3 is 10.0 Å². The van der Waals surface area contributed by atoms with E-state index >= 15 is 0 Å². The predicted octanol–water partition coefficient (Wildman–Crippen LogP) is 4.03. The van der Waals surface area contributed by atoms with Gasteiger partial charge in [-0.25, -0.2) is 0 Å². The monoisotopic (exact) mass is 293 g/mol. The zero-order valence-corrected chi connectivity index (χ0v) is 13.1. The molecule has 0 aliphatic rings. The third kappa shape index (κ3) is 3.95. The van der Waals surface area contributed by atoms with Crippen LogP contribution in [0.4, 0.5) is 0 Å². The average molecular weight is 294 g/mol. The van der Waals surface area contributed by atoms with Crippen LogP contribution in [0, 0.1) is 0 Å². The minimum atomic E-state index is -0.383. The van der Waals surface area contributed by atoms with Crippen LogP contribution < -0.4 is 0 Å². The van der Waals surface area contributed by atoms with Crippen molar-refractivity contribution in [2.45, 2.75) is 26.4 Å². The van der Waals surface area contributed by atoms with Gasteiger partial charge in [-0.2, -0.15) is 0 Å². The van der Waals surface area contributed by atoms with Gasteiger partial charge in [0.1, 0.15) is 0 Å². The van der Waals surface area contributed by atoms with Gasteiger partial charge in [0, 0.05) is 6.54 Å². The number of aliphatic hydroxyl groups is 1. The highest BCUT2D eigenvalue weighted by Crippen LogP contribution is 2.26. The van der Waals surface area contributed by atoms with Gasteiger partial charge in [0.25, 0.3) is 0 Å². The summed E-state index contributed by atoms with van der Waals surface area (Å²) in [5, 5.41) is 12.8. The van der Waals surface area contributed by atoms with Gasteiger partial charge in [0.2, 0.25) is 0 Å². The molecule has 1 N–H and O–H groups in total. The lowest BCUT2D eigenvalue weighted by Crippen LogP contribution is -2.25. The quantitative estimate of drug-likeness (QED) is 0.869. The van der Waals surface area contributed by atoms with E-state index in [2.05, 4.69) is 36.9 Å². The zero-order chi connectivity index (χ0) is 13.7. The standard InChI is InChI=1S/C17H23NO.ClH/c1-3-18(4-2)13-12-17(19)16-11-7-9-14-8-5-6-10-15(14)16;/h5-11,17,19H,3-4,12-13H2,1-2H3;1H. The normalized spacial score (nSPS) is 12.4. The Labute approximate surface area is 127 Å². The minimum absolute atomic E-state index is 0. The molecule has 0 amide bonds. The summed E-state index contributed by atoms with van der Waals surface area (Å²) in [7, 11) is 0. The molecule has 110 valence electrons. The summed E-state index contributed by atoms with van der Waals surface area (Å²) >= 11 is 0. The highest BCUT2D eigenvalue weighted by atomic mass is 35.5. The first-order valence-electron chi connectivity index (χ1n) is 7.14. The number of rotatable bonds is 6. The van der Waals surface area contributed by atoms with Crippen LogP contribution in [-0.4, -0.2) is 29.6 Å². The molecule has 2 nitrogen and oxygen atoms in total. The molecule has 0 bridgehead atoms. The molecule has 2 rings (SSSR count). The molecule has 2 aromatic carbocycles. The lowest BCUT2D eigenvalue weighted by molar-refractivity contribution is 0.146. The molecule has 0 saturated heterocycles. The first kappa shape index (κ1) is 17.0. The molecule has 0 radical (unpaired) electrons. The molecule has 0 aliphatic heterocycles. The van der Waals surface area contributed by atoms with E-state index in [4.69, 9.17) is 0 Å². The van der Waals surface area contributed by atoms with E-state index in [1.807, 2.05) is 24.3 Å². The van der Waals surface area contributed by atoms with Crippen LogP contribution in [0.15, 0.2) is 42.5 Å². The van der Waals surface area contributed by atoms with E-state index in [0.717, 1.165) is 37.0 Å². The third-order valence-electron chi connectivity index (χ3n) is 3.80. The Morgan fingerprint density at radius 3 is 2.35 bits per heavy atom. The summed E-state index contributed by atoms with van der Waals surface area (Å²) in [4.78, 5) is 2.34. The Morgan fingerprint density at radius 1 is 1.00 bits per heavy atom. The molecule has 0 spiro atoms. The maximum Gasteiger partial charge on any atom is 0.0808 e. The van der Waals surface area contributed by atoms with Crippen molar-refractivity contribution >= 4 is 23.2 Å². The number of fused-ring (bicyclic) bond motifs is 1. The number of halogens is 1. The van der Waals surface area contributed by atoms with Crippen molar-refractivity contribution in [2.75, 3.05) is 19.6 Å². The third-order valence-corrected chi connectivity index (χ3v) is 3.80. The smallest absolute Gasteiger partial charge is 0.0808 e.